The normalized spacial score (nSPS) is 14.7. The standard InChI is InChI=1S/C12H16N6S/c1-2-6-13-11(3-1)9-19-12-15-16-17-18(12)8-7-14-10-4-5-10/h1-3,6,10,14H,4-5,7-9H2. The predicted molar refractivity (Wildman–Crippen MR) is 72.6 cm³/mol. The van der Waals surface area contributed by atoms with Crippen molar-refractivity contribution >= 4 is 11.8 Å². The lowest BCUT2D eigenvalue weighted by Gasteiger charge is -2.05. The van der Waals surface area contributed by atoms with Gasteiger partial charge in [-0.25, -0.2) is 4.68 Å². The topological polar surface area (TPSA) is 68.5 Å². The minimum atomic E-state index is 0.723. The monoisotopic (exact) mass is 276 g/mol. The summed E-state index contributed by atoms with van der Waals surface area (Å²) in [5, 5.41) is 16.1. The van der Waals surface area contributed by atoms with Crippen molar-refractivity contribution in [1.82, 2.24) is 30.5 Å². The van der Waals surface area contributed by atoms with E-state index in [1.54, 1.807) is 18.0 Å². The van der Waals surface area contributed by atoms with Gasteiger partial charge in [0.15, 0.2) is 0 Å². The van der Waals surface area contributed by atoms with E-state index in [1.807, 2.05) is 22.9 Å². The Balaban J connectivity index is 1.51. The van der Waals surface area contributed by atoms with E-state index in [9.17, 15) is 0 Å². The zero-order chi connectivity index (χ0) is 12.9. The fourth-order valence-electron chi connectivity index (χ4n) is 1.72. The molecule has 0 unspecified atom stereocenters. The Morgan fingerprint density at radius 1 is 1.37 bits per heavy atom. The SMILES string of the molecule is c1ccc(CSc2nnnn2CCNC2CC2)nc1. The molecule has 0 atom stereocenters. The smallest absolute Gasteiger partial charge is 0.209 e. The van der Waals surface area contributed by atoms with Crippen molar-refractivity contribution in [2.45, 2.75) is 36.3 Å². The second kappa shape index (κ2) is 6.12. The summed E-state index contributed by atoms with van der Waals surface area (Å²) >= 11 is 1.62. The first-order chi connectivity index (χ1) is 9.42. The molecule has 2 heterocycles. The number of hydrogen-bond acceptors (Lipinski definition) is 6. The zero-order valence-electron chi connectivity index (χ0n) is 10.6. The van der Waals surface area contributed by atoms with Gasteiger partial charge in [0.25, 0.3) is 0 Å². The summed E-state index contributed by atoms with van der Waals surface area (Å²) < 4.78 is 1.85. The molecule has 0 radical (unpaired) electrons. The van der Waals surface area contributed by atoms with Crippen LogP contribution in [0.15, 0.2) is 29.6 Å². The summed E-state index contributed by atoms with van der Waals surface area (Å²) in [6.45, 7) is 1.74. The van der Waals surface area contributed by atoms with Crippen LogP contribution < -0.4 is 5.32 Å². The van der Waals surface area contributed by atoms with Crippen LogP contribution in [0.25, 0.3) is 0 Å². The van der Waals surface area contributed by atoms with E-state index in [4.69, 9.17) is 0 Å². The average Bonchev–Trinajstić information content (AvgIpc) is 3.16. The highest BCUT2D eigenvalue weighted by Crippen LogP contribution is 2.19. The van der Waals surface area contributed by atoms with Crippen molar-refractivity contribution in [3.05, 3.63) is 30.1 Å². The van der Waals surface area contributed by atoms with Crippen molar-refractivity contribution in [2.75, 3.05) is 6.54 Å². The van der Waals surface area contributed by atoms with Crippen molar-refractivity contribution in [2.24, 2.45) is 0 Å². The Morgan fingerprint density at radius 3 is 3.11 bits per heavy atom. The number of thioether (sulfide) groups is 1. The molecule has 100 valence electrons. The van der Waals surface area contributed by atoms with Crippen LogP contribution >= 0.6 is 11.8 Å². The molecule has 6 nitrogen and oxygen atoms in total. The zero-order valence-corrected chi connectivity index (χ0v) is 11.4. The molecule has 0 spiro atoms. The lowest BCUT2D eigenvalue weighted by molar-refractivity contribution is 0.509. The van der Waals surface area contributed by atoms with E-state index in [0.29, 0.717) is 0 Å². The van der Waals surface area contributed by atoms with Crippen molar-refractivity contribution in [1.29, 1.82) is 0 Å². The predicted octanol–water partition coefficient (Wildman–Crippen LogP) is 1.11. The fraction of sp³-hybridized carbons (Fsp3) is 0.500. The van der Waals surface area contributed by atoms with Gasteiger partial charge in [0.1, 0.15) is 0 Å². The minimum absolute atomic E-state index is 0.723. The minimum Gasteiger partial charge on any atom is -0.312 e. The summed E-state index contributed by atoms with van der Waals surface area (Å²) in [5.74, 6) is 0.789. The Bertz CT molecular complexity index is 510. The first-order valence-electron chi connectivity index (χ1n) is 6.44. The number of rotatable bonds is 7. The van der Waals surface area contributed by atoms with Crippen LogP contribution in [-0.2, 0) is 12.3 Å². The van der Waals surface area contributed by atoms with Gasteiger partial charge in [-0.05, 0) is 35.4 Å². The molecular formula is C12H16N6S. The molecule has 2 aromatic rings. The number of pyridine rings is 1. The Labute approximate surface area is 116 Å². The van der Waals surface area contributed by atoms with E-state index in [1.165, 1.54) is 12.8 Å². The fourth-order valence-corrected chi connectivity index (χ4v) is 2.54. The number of aromatic nitrogens is 5. The van der Waals surface area contributed by atoms with Gasteiger partial charge in [0.2, 0.25) is 5.16 Å². The van der Waals surface area contributed by atoms with Gasteiger partial charge in [0, 0.05) is 24.5 Å². The van der Waals surface area contributed by atoms with E-state index < -0.39 is 0 Å². The van der Waals surface area contributed by atoms with Crippen molar-refractivity contribution in [3.63, 3.8) is 0 Å². The second-order valence-corrected chi connectivity index (χ2v) is 5.47. The van der Waals surface area contributed by atoms with Gasteiger partial charge in [0.05, 0.1) is 12.2 Å². The third kappa shape index (κ3) is 3.74. The summed E-state index contributed by atoms with van der Waals surface area (Å²) in [6.07, 6.45) is 4.41. The van der Waals surface area contributed by atoms with E-state index in [-0.39, 0.29) is 0 Å². The molecule has 1 N–H and O–H groups in total. The number of nitrogens with one attached hydrogen (secondary N) is 1. The van der Waals surface area contributed by atoms with Gasteiger partial charge in [-0.3, -0.25) is 4.98 Å². The molecule has 19 heavy (non-hydrogen) atoms. The molecule has 7 heteroatoms. The molecule has 0 aliphatic heterocycles. The molecular weight excluding hydrogens is 260 g/mol. The van der Waals surface area contributed by atoms with Crippen LogP contribution in [0.1, 0.15) is 18.5 Å². The van der Waals surface area contributed by atoms with E-state index in [2.05, 4.69) is 25.8 Å². The second-order valence-electron chi connectivity index (χ2n) is 4.52. The van der Waals surface area contributed by atoms with Crippen LogP contribution in [0.4, 0.5) is 0 Å². The quantitative estimate of drug-likeness (QED) is 0.764. The number of hydrogen-bond donors (Lipinski definition) is 1. The molecule has 1 saturated carbocycles. The van der Waals surface area contributed by atoms with Gasteiger partial charge >= 0.3 is 0 Å². The Morgan fingerprint density at radius 2 is 2.32 bits per heavy atom. The lowest BCUT2D eigenvalue weighted by atomic mass is 10.4. The molecule has 3 rings (SSSR count). The summed E-state index contributed by atoms with van der Waals surface area (Å²) in [5.41, 5.74) is 1.04. The van der Waals surface area contributed by atoms with E-state index >= 15 is 0 Å². The third-order valence-electron chi connectivity index (χ3n) is 2.91. The van der Waals surface area contributed by atoms with Gasteiger partial charge in [-0.2, -0.15) is 0 Å². The number of nitrogens with zero attached hydrogens (tertiary/aromatic N) is 5. The molecule has 1 fully saturated rings. The molecule has 0 aromatic carbocycles. The molecule has 0 amide bonds. The van der Waals surface area contributed by atoms with Crippen LogP contribution in [-0.4, -0.2) is 37.8 Å². The number of tetrazole rings is 1. The van der Waals surface area contributed by atoms with E-state index in [0.717, 1.165) is 35.7 Å². The van der Waals surface area contributed by atoms with Gasteiger partial charge in [-0.1, -0.05) is 17.8 Å². The summed E-state index contributed by atoms with van der Waals surface area (Å²) in [4.78, 5) is 4.29. The maximum Gasteiger partial charge on any atom is 0.209 e. The maximum absolute atomic E-state index is 4.29. The summed E-state index contributed by atoms with van der Waals surface area (Å²) in [7, 11) is 0. The Kier molecular flexibility index (Phi) is 4.04. The highest BCUT2D eigenvalue weighted by Gasteiger charge is 2.20. The Hall–Kier alpha value is -1.47. The molecule has 0 bridgehead atoms. The highest BCUT2D eigenvalue weighted by atomic mass is 32.2. The highest BCUT2D eigenvalue weighted by molar-refractivity contribution is 7.98. The third-order valence-corrected chi connectivity index (χ3v) is 3.90. The first-order valence-corrected chi connectivity index (χ1v) is 7.42. The molecule has 2 aromatic heterocycles. The van der Waals surface area contributed by atoms with Crippen LogP contribution in [0, 0.1) is 0 Å². The largest absolute Gasteiger partial charge is 0.312 e. The lowest BCUT2D eigenvalue weighted by Crippen LogP contribution is -2.22. The van der Waals surface area contributed by atoms with Crippen LogP contribution in [0.5, 0.6) is 0 Å². The average molecular weight is 276 g/mol. The van der Waals surface area contributed by atoms with Gasteiger partial charge in [-0.15, -0.1) is 5.10 Å². The van der Waals surface area contributed by atoms with Crippen molar-refractivity contribution < 1.29 is 0 Å². The van der Waals surface area contributed by atoms with Gasteiger partial charge < -0.3 is 5.32 Å². The summed E-state index contributed by atoms with van der Waals surface area (Å²) in [6, 6.07) is 6.64. The first kappa shape index (κ1) is 12.6. The molecule has 1 aliphatic rings. The molecule has 0 saturated heterocycles. The van der Waals surface area contributed by atoms with Crippen LogP contribution in [0.2, 0.25) is 0 Å². The maximum atomic E-state index is 4.29. The molecule has 1 aliphatic carbocycles. The van der Waals surface area contributed by atoms with Crippen LogP contribution in [0.3, 0.4) is 0 Å². The van der Waals surface area contributed by atoms with Crippen molar-refractivity contribution in [3.8, 4) is 0 Å².